The van der Waals surface area contributed by atoms with Crippen LogP contribution in [0.25, 0.3) is 0 Å². The van der Waals surface area contributed by atoms with E-state index in [9.17, 15) is 0 Å². The van der Waals surface area contributed by atoms with Crippen LogP contribution in [0.2, 0.25) is 0 Å². The fourth-order valence-corrected chi connectivity index (χ4v) is 1.30. The van der Waals surface area contributed by atoms with Crippen molar-refractivity contribution in [2.24, 2.45) is 5.73 Å². The van der Waals surface area contributed by atoms with Gasteiger partial charge in [0.1, 0.15) is 12.4 Å². The van der Waals surface area contributed by atoms with E-state index < -0.39 is 0 Å². The second kappa shape index (κ2) is 5.17. The van der Waals surface area contributed by atoms with Crippen LogP contribution in [0.15, 0.2) is 36.4 Å². The molecule has 2 heteroatoms. The number of rotatable bonds is 4. The Balaban J connectivity index is 2.62. The fraction of sp³-hybridized carbons (Fsp3) is 0.429. The standard InChI is InChI=1S/C14H21NO/c1-11(9-15)10-16-13-7-5-12(6-8-13)14(2,3)4/h5-8H,1,9-10,15H2,2-4H3. The zero-order valence-corrected chi connectivity index (χ0v) is 10.4. The molecule has 16 heavy (non-hydrogen) atoms. The van der Waals surface area contributed by atoms with Crippen molar-refractivity contribution >= 4 is 0 Å². The minimum Gasteiger partial charge on any atom is -0.489 e. The van der Waals surface area contributed by atoms with Crippen molar-refractivity contribution in [3.8, 4) is 5.75 Å². The first kappa shape index (κ1) is 12.8. The zero-order chi connectivity index (χ0) is 12.2. The molecular formula is C14H21NO. The summed E-state index contributed by atoms with van der Waals surface area (Å²) in [6.07, 6.45) is 0. The summed E-state index contributed by atoms with van der Waals surface area (Å²) < 4.78 is 5.55. The van der Waals surface area contributed by atoms with Gasteiger partial charge < -0.3 is 10.5 Å². The molecule has 0 radical (unpaired) electrons. The molecule has 1 aromatic carbocycles. The Morgan fingerprint density at radius 2 is 1.81 bits per heavy atom. The molecule has 1 rings (SSSR count). The molecule has 0 amide bonds. The molecule has 0 aliphatic rings. The molecular weight excluding hydrogens is 198 g/mol. The summed E-state index contributed by atoms with van der Waals surface area (Å²) in [4.78, 5) is 0. The van der Waals surface area contributed by atoms with E-state index >= 15 is 0 Å². The first-order chi connectivity index (χ1) is 7.43. The van der Waals surface area contributed by atoms with Gasteiger partial charge in [0.05, 0.1) is 0 Å². The highest BCUT2D eigenvalue weighted by Crippen LogP contribution is 2.24. The van der Waals surface area contributed by atoms with Gasteiger partial charge in [-0.05, 0) is 28.7 Å². The van der Waals surface area contributed by atoms with Crippen LogP contribution in [0.1, 0.15) is 26.3 Å². The fourth-order valence-electron chi connectivity index (χ4n) is 1.30. The van der Waals surface area contributed by atoms with Crippen LogP contribution in [-0.2, 0) is 5.41 Å². The van der Waals surface area contributed by atoms with Crippen molar-refractivity contribution in [3.05, 3.63) is 42.0 Å². The van der Waals surface area contributed by atoms with Crippen molar-refractivity contribution in [2.45, 2.75) is 26.2 Å². The third-order valence-corrected chi connectivity index (χ3v) is 2.45. The Morgan fingerprint density at radius 3 is 2.25 bits per heavy atom. The maximum Gasteiger partial charge on any atom is 0.119 e. The molecule has 1 aromatic rings. The van der Waals surface area contributed by atoms with Gasteiger partial charge in [0, 0.05) is 6.54 Å². The van der Waals surface area contributed by atoms with E-state index in [0.29, 0.717) is 13.2 Å². The number of hydrogen-bond acceptors (Lipinski definition) is 2. The summed E-state index contributed by atoms with van der Waals surface area (Å²) in [5, 5.41) is 0. The molecule has 0 aromatic heterocycles. The van der Waals surface area contributed by atoms with Gasteiger partial charge in [-0.15, -0.1) is 0 Å². The van der Waals surface area contributed by atoms with Crippen molar-refractivity contribution < 1.29 is 4.74 Å². The maximum absolute atomic E-state index is 5.55. The third-order valence-electron chi connectivity index (χ3n) is 2.45. The number of hydrogen-bond donors (Lipinski definition) is 1. The summed E-state index contributed by atoms with van der Waals surface area (Å²) in [6.45, 7) is 11.3. The molecule has 0 spiro atoms. The first-order valence-electron chi connectivity index (χ1n) is 5.53. The second-order valence-corrected chi connectivity index (χ2v) is 5.02. The Hall–Kier alpha value is -1.28. The minimum atomic E-state index is 0.180. The van der Waals surface area contributed by atoms with Gasteiger partial charge >= 0.3 is 0 Å². The van der Waals surface area contributed by atoms with Gasteiger partial charge in [0.2, 0.25) is 0 Å². The highest BCUT2D eigenvalue weighted by molar-refractivity contribution is 5.31. The molecule has 0 atom stereocenters. The molecule has 88 valence electrons. The Kier molecular flexibility index (Phi) is 4.13. The molecule has 0 aliphatic heterocycles. The van der Waals surface area contributed by atoms with Gasteiger partial charge in [-0.1, -0.05) is 39.5 Å². The van der Waals surface area contributed by atoms with E-state index in [1.54, 1.807) is 0 Å². The molecule has 0 fully saturated rings. The van der Waals surface area contributed by atoms with Crippen LogP contribution < -0.4 is 10.5 Å². The van der Waals surface area contributed by atoms with Crippen LogP contribution >= 0.6 is 0 Å². The van der Waals surface area contributed by atoms with Crippen molar-refractivity contribution in [1.29, 1.82) is 0 Å². The summed E-state index contributed by atoms with van der Waals surface area (Å²) >= 11 is 0. The maximum atomic E-state index is 5.55. The molecule has 0 unspecified atom stereocenters. The van der Waals surface area contributed by atoms with Crippen LogP contribution in [-0.4, -0.2) is 13.2 Å². The Morgan fingerprint density at radius 1 is 1.25 bits per heavy atom. The second-order valence-electron chi connectivity index (χ2n) is 5.02. The molecule has 0 heterocycles. The van der Waals surface area contributed by atoms with Crippen LogP contribution in [0.4, 0.5) is 0 Å². The average Bonchev–Trinajstić information content (AvgIpc) is 2.25. The number of nitrogens with two attached hydrogens (primary N) is 1. The lowest BCUT2D eigenvalue weighted by atomic mass is 9.87. The third kappa shape index (κ3) is 3.70. The van der Waals surface area contributed by atoms with Gasteiger partial charge in [-0.2, -0.15) is 0 Å². The predicted octanol–water partition coefficient (Wildman–Crippen LogP) is 2.88. The summed E-state index contributed by atoms with van der Waals surface area (Å²) in [6, 6.07) is 8.18. The van der Waals surface area contributed by atoms with Crippen molar-refractivity contribution in [2.75, 3.05) is 13.2 Å². The Bertz CT molecular complexity index is 346. The van der Waals surface area contributed by atoms with Gasteiger partial charge in [-0.25, -0.2) is 0 Å². The molecule has 0 aliphatic carbocycles. The van der Waals surface area contributed by atoms with Crippen molar-refractivity contribution in [1.82, 2.24) is 0 Å². The number of ether oxygens (including phenoxy) is 1. The first-order valence-corrected chi connectivity index (χ1v) is 5.53. The van der Waals surface area contributed by atoms with E-state index in [2.05, 4.69) is 39.5 Å². The monoisotopic (exact) mass is 219 g/mol. The minimum absolute atomic E-state index is 0.180. The smallest absolute Gasteiger partial charge is 0.119 e. The topological polar surface area (TPSA) is 35.2 Å². The lowest BCUT2D eigenvalue weighted by Crippen LogP contribution is -2.11. The highest BCUT2D eigenvalue weighted by Gasteiger charge is 2.12. The van der Waals surface area contributed by atoms with E-state index in [-0.39, 0.29) is 5.41 Å². The van der Waals surface area contributed by atoms with E-state index in [4.69, 9.17) is 10.5 Å². The lowest BCUT2D eigenvalue weighted by Gasteiger charge is -2.19. The van der Waals surface area contributed by atoms with Crippen LogP contribution in [0.3, 0.4) is 0 Å². The SMILES string of the molecule is C=C(CN)COc1ccc(C(C)(C)C)cc1. The summed E-state index contributed by atoms with van der Waals surface area (Å²) in [7, 11) is 0. The normalized spacial score (nSPS) is 11.2. The highest BCUT2D eigenvalue weighted by atomic mass is 16.5. The van der Waals surface area contributed by atoms with E-state index in [1.165, 1.54) is 5.56 Å². The number of benzene rings is 1. The summed E-state index contributed by atoms with van der Waals surface area (Å²) in [5.74, 6) is 0.864. The van der Waals surface area contributed by atoms with Crippen LogP contribution in [0.5, 0.6) is 5.75 Å². The molecule has 0 saturated heterocycles. The van der Waals surface area contributed by atoms with E-state index in [0.717, 1.165) is 11.3 Å². The zero-order valence-electron chi connectivity index (χ0n) is 10.4. The Labute approximate surface area is 98.1 Å². The largest absolute Gasteiger partial charge is 0.489 e. The molecule has 2 nitrogen and oxygen atoms in total. The van der Waals surface area contributed by atoms with Crippen LogP contribution in [0, 0.1) is 0 Å². The predicted molar refractivity (Wildman–Crippen MR) is 68.8 cm³/mol. The van der Waals surface area contributed by atoms with Gasteiger partial charge in [0.15, 0.2) is 0 Å². The molecule has 0 bridgehead atoms. The quantitative estimate of drug-likeness (QED) is 0.790. The van der Waals surface area contributed by atoms with E-state index in [1.807, 2.05) is 12.1 Å². The average molecular weight is 219 g/mol. The molecule has 2 N–H and O–H groups in total. The van der Waals surface area contributed by atoms with Gasteiger partial charge in [-0.3, -0.25) is 0 Å². The van der Waals surface area contributed by atoms with Gasteiger partial charge in [0.25, 0.3) is 0 Å². The molecule has 0 saturated carbocycles. The van der Waals surface area contributed by atoms with Crippen molar-refractivity contribution in [3.63, 3.8) is 0 Å². The lowest BCUT2D eigenvalue weighted by molar-refractivity contribution is 0.350. The summed E-state index contributed by atoms with van der Waals surface area (Å²) in [5.41, 5.74) is 7.82.